The number of guanidine groups is 1. The molecule has 4 aliphatic carbocycles. The molecular formula is C34H48N4O10. The van der Waals surface area contributed by atoms with E-state index in [1.807, 2.05) is 0 Å². The smallest absolute Gasteiger partial charge is 0.335 e. The standard InChI is InChI=1S/C34H48N4O10/c1-32-13-11-20(48-26(41)10-8-24(39)38-23(30(44)45)4-3-15-37-31(35)36)16-19(32)6-7-22-27(32)28(42)29(43)33(2)21(12-14-34(22,33)46)18-5-9-25(40)47-17-18/h5,9,17,19-23,27-28,42,46H,3-4,6-8,10-16H2,1-2H3,(H,38,39)(H,44,45)(H4,35,36,37)/t19-,20+,21-,22-,23+,27-,28+,32+,33+,34+/m1/s1. The lowest BCUT2D eigenvalue weighted by molar-refractivity contribution is -0.229. The second-order valence-electron chi connectivity index (χ2n) is 14.6. The maximum absolute atomic E-state index is 14.1. The number of nitrogens with one attached hydrogen (secondary N) is 1. The Morgan fingerprint density at radius 3 is 2.52 bits per heavy atom. The van der Waals surface area contributed by atoms with Crippen LogP contribution >= 0.6 is 0 Å². The number of aliphatic imine (C=N–C) groups is 1. The lowest BCUT2D eigenvalue weighted by atomic mass is 9.42. The molecule has 264 valence electrons. The van der Waals surface area contributed by atoms with E-state index in [-0.39, 0.29) is 49.4 Å². The highest BCUT2D eigenvalue weighted by Crippen LogP contribution is 2.69. The molecule has 0 aromatic carbocycles. The van der Waals surface area contributed by atoms with Gasteiger partial charge in [0.1, 0.15) is 18.2 Å². The maximum Gasteiger partial charge on any atom is 0.335 e. The highest BCUT2D eigenvalue weighted by molar-refractivity contribution is 5.93. The van der Waals surface area contributed by atoms with Gasteiger partial charge in [0.05, 0.1) is 23.7 Å². The second kappa shape index (κ2) is 13.6. The summed E-state index contributed by atoms with van der Waals surface area (Å²) in [5.41, 5.74) is 7.65. The molecule has 10 atom stereocenters. The van der Waals surface area contributed by atoms with Crippen LogP contribution in [-0.2, 0) is 23.9 Å². The lowest BCUT2D eigenvalue weighted by Crippen LogP contribution is -2.70. The Labute approximate surface area is 278 Å². The highest BCUT2D eigenvalue weighted by Gasteiger charge is 2.73. The van der Waals surface area contributed by atoms with Crippen LogP contribution in [0.4, 0.5) is 0 Å². The third-order valence-electron chi connectivity index (χ3n) is 12.2. The van der Waals surface area contributed by atoms with Gasteiger partial charge in [-0.1, -0.05) is 6.92 Å². The third kappa shape index (κ3) is 6.36. The molecule has 0 radical (unpaired) electrons. The van der Waals surface area contributed by atoms with Crippen molar-refractivity contribution in [1.29, 1.82) is 0 Å². The lowest BCUT2D eigenvalue weighted by Gasteiger charge is -2.64. The number of fused-ring (bicyclic) bond motifs is 5. The van der Waals surface area contributed by atoms with Crippen molar-refractivity contribution in [2.24, 2.45) is 45.0 Å². The minimum Gasteiger partial charge on any atom is -0.480 e. The Bertz CT molecular complexity index is 1490. The minimum atomic E-state index is -1.33. The number of Topliss-reactive ketones (excluding diaryl/α,β-unsaturated/α-hetero) is 1. The minimum absolute atomic E-state index is 0.0416. The van der Waals surface area contributed by atoms with Crippen LogP contribution in [0.3, 0.4) is 0 Å². The summed E-state index contributed by atoms with van der Waals surface area (Å²) >= 11 is 0. The third-order valence-corrected chi connectivity index (χ3v) is 12.2. The van der Waals surface area contributed by atoms with Gasteiger partial charge >= 0.3 is 17.6 Å². The SMILES string of the molecule is C[C@]12CC[C@H](OC(=O)CCC(=O)N[C@@H](CCCN=C(N)N)C(=O)O)C[C@H]1CC[C@@H]1[C@@H]2[C@H](O)C(=O)[C@]2(C)[C@@H](c3ccc(=O)oc3)CC[C@]12O. The number of amides is 1. The number of hydrogen-bond acceptors (Lipinski definition) is 10. The summed E-state index contributed by atoms with van der Waals surface area (Å²) in [5.74, 6) is -3.95. The van der Waals surface area contributed by atoms with Crippen molar-refractivity contribution in [2.45, 2.75) is 114 Å². The first-order valence-corrected chi connectivity index (χ1v) is 16.9. The van der Waals surface area contributed by atoms with Gasteiger partial charge in [-0.2, -0.15) is 0 Å². The molecule has 14 nitrogen and oxygen atoms in total. The molecule has 0 spiro atoms. The quantitative estimate of drug-likeness (QED) is 0.0844. The van der Waals surface area contributed by atoms with Crippen molar-refractivity contribution < 1.29 is 43.7 Å². The molecule has 1 aromatic heterocycles. The van der Waals surface area contributed by atoms with Crippen molar-refractivity contribution in [2.75, 3.05) is 6.54 Å². The van der Waals surface area contributed by atoms with Crippen molar-refractivity contribution >= 4 is 29.6 Å². The van der Waals surface area contributed by atoms with Gasteiger partial charge in [0.25, 0.3) is 0 Å². The van der Waals surface area contributed by atoms with Crippen LogP contribution in [0, 0.1) is 28.6 Å². The zero-order valence-electron chi connectivity index (χ0n) is 27.6. The number of aliphatic hydroxyl groups is 2. The van der Waals surface area contributed by atoms with Crippen LogP contribution < -0.4 is 22.4 Å². The maximum atomic E-state index is 14.1. The fourth-order valence-electron chi connectivity index (χ4n) is 9.71. The monoisotopic (exact) mass is 672 g/mol. The summed E-state index contributed by atoms with van der Waals surface area (Å²) in [4.78, 5) is 66.2. The van der Waals surface area contributed by atoms with Gasteiger partial charge in [-0.3, -0.25) is 19.4 Å². The van der Waals surface area contributed by atoms with E-state index in [1.165, 1.54) is 12.3 Å². The molecule has 1 aromatic rings. The number of ketones is 1. The van der Waals surface area contributed by atoms with Crippen LogP contribution in [0.1, 0.15) is 96.0 Å². The molecule has 4 fully saturated rings. The summed E-state index contributed by atoms with van der Waals surface area (Å²) in [7, 11) is 0. The van der Waals surface area contributed by atoms with Gasteiger partial charge in [-0.05, 0) is 93.6 Å². The van der Waals surface area contributed by atoms with Crippen molar-refractivity contribution in [3.8, 4) is 0 Å². The van der Waals surface area contributed by atoms with E-state index < -0.39 is 70.0 Å². The molecule has 5 rings (SSSR count). The van der Waals surface area contributed by atoms with E-state index in [9.17, 15) is 39.3 Å². The molecule has 48 heavy (non-hydrogen) atoms. The first-order valence-electron chi connectivity index (χ1n) is 16.9. The number of hydrogen-bond donors (Lipinski definition) is 6. The van der Waals surface area contributed by atoms with Crippen molar-refractivity contribution in [1.82, 2.24) is 5.32 Å². The molecule has 4 saturated carbocycles. The molecule has 0 bridgehead atoms. The number of carbonyl (C=O) groups is 4. The molecule has 4 aliphatic rings. The number of nitrogens with two attached hydrogens (primary N) is 2. The number of carboxylic acid groups (broad SMARTS) is 1. The normalized spacial score (nSPS) is 36.1. The highest BCUT2D eigenvalue weighted by atomic mass is 16.5. The van der Waals surface area contributed by atoms with E-state index in [1.54, 1.807) is 13.0 Å². The van der Waals surface area contributed by atoms with E-state index in [0.29, 0.717) is 50.5 Å². The molecule has 0 unspecified atom stereocenters. The topological polar surface area (TPSA) is 245 Å². The first-order chi connectivity index (χ1) is 22.6. The molecule has 14 heteroatoms. The van der Waals surface area contributed by atoms with Gasteiger partial charge in [0.15, 0.2) is 11.7 Å². The average molecular weight is 673 g/mol. The fraction of sp³-hybridized carbons (Fsp3) is 0.706. The molecule has 0 saturated heterocycles. The van der Waals surface area contributed by atoms with Crippen LogP contribution in [0.2, 0.25) is 0 Å². The predicted octanol–water partition coefficient (Wildman–Crippen LogP) is 1.35. The number of carbonyl (C=O) groups excluding carboxylic acids is 3. The fourth-order valence-corrected chi connectivity index (χ4v) is 9.71. The van der Waals surface area contributed by atoms with Gasteiger partial charge in [0, 0.05) is 30.9 Å². The number of esters is 1. The molecule has 1 amide bonds. The second-order valence-corrected chi connectivity index (χ2v) is 14.6. The summed E-state index contributed by atoms with van der Waals surface area (Å²) < 4.78 is 10.9. The average Bonchev–Trinajstić information content (AvgIpc) is 3.32. The summed E-state index contributed by atoms with van der Waals surface area (Å²) in [5, 5.41) is 36.0. The Balaban J connectivity index is 1.18. The Morgan fingerprint density at radius 1 is 1.10 bits per heavy atom. The van der Waals surface area contributed by atoms with Gasteiger partial charge in [0.2, 0.25) is 5.91 Å². The molecule has 1 heterocycles. The van der Waals surface area contributed by atoms with E-state index in [4.69, 9.17) is 20.6 Å². The largest absolute Gasteiger partial charge is 0.480 e. The van der Waals surface area contributed by atoms with Crippen LogP contribution in [0.5, 0.6) is 0 Å². The zero-order chi connectivity index (χ0) is 35.0. The number of ether oxygens (including phenoxy) is 1. The Kier molecular flexibility index (Phi) is 10.1. The number of carboxylic acids is 1. The van der Waals surface area contributed by atoms with E-state index >= 15 is 0 Å². The summed E-state index contributed by atoms with van der Waals surface area (Å²) in [6.45, 7) is 4.05. The van der Waals surface area contributed by atoms with Crippen LogP contribution in [0.15, 0.2) is 32.6 Å². The zero-order valence-corrected chi connectivity index (χ0v) is 27.6. The van der Waals surface area contributed by atoms with Gasteiger partial charge in [-0.25, -0.2) is 9.59 Å². The van der Waals surface area contributed by atoms with E-state index in [0.717, 1.165) is 6.42 Å². The van der Waals surface area contributed by atoms with Crippen LogP contribution in [0.25, 0.3) is 0 Å². The Morgan fingerprint density at radius 2 is 1.85 bits per heavy atom. The summed E-state index contributed by atoms with van der Waals surface area (Å²) in [6.07, 6.45) is 3.61. The van der Waals surface area contributed by atoms with Gasteiger partial charge in [-0.15, -0.1) is 0 Å². The molecular weight excluding hydrogens is 624 g/mol. The molecule has 8 N–H and O–H groups in total. The number of rotatable bonds is 11. The first kappa shape index (κ1) is 35.5. The number of aliphatic hydroxyl groups excluding tert-OH is 1. The van der Waals surface area contributed by atoms with Gasteiger partial charge < -0.3 is 41.3 Å². The summed E-state index contributed by atoms with van der Waals surface area (Å²) in [6, 6.07) is 1.81. The molecule has 0 aliphatic heterocycles. The van der Waals surface area contributed by atoms with Crippen molar-refractivity contribution in [3.05, 3.63) is 34.4 Å². The Hall–Kier alpha value is -3.78. The number of nitrogens with zero attached hydrogens (tertiary/aromatic N) is 1. The number of aliphatic carboxylic acids is 1. The van der Waals surface area contributed by atoms with Crippen LogP contribution in [-0.4, -0.2) is 75.3 Å². The van der Waals surface area contributed by atoms with Crippen molar-refractivity contribution in [3.63, 3.8) is 0 Å². The van der Waals surface area contributed by atoms with E-state index in [2.05, 4.69) is 17.2 Å². The predicted molar refractivity (Wildman–Crippen MR) is 171 cm³/mol.